The molecule has 2 aromatic heterocycles. The molecule has 0 spiro atoms. The first kappa shape index (κ1) is 27.2. The summed E-state index contributed by atoms with van der Waals surface area (Å²) in [7, 11) is -1.21. The van der Waals surface area contributed by atoms with Crippen LogP contribution >= 0.6 is 31.7 Å². The lowest BCUT2D eigenvalue weighted by molar-refractivity contribution is -0.106. The zero-order valence-corrected chi connectivity index (χ0v) is 20.9. The van der Waals surface area contributed by atoms with Crippen LogP contribution in [0.4, 0.5) is 5.95 Å². The van der Waals surface area contributed by atoms with Crippen LogP contribution in [0.1, 0.15) is 12.5 Å². The van der Waals surface area contributed by atoms with E-state index in [4.69, 9.17) is 35.9 Å². The molecule has 3 rings (SSSR count). The number of nitrogen functional groups attached to an aromatic ring is 1. The van der Waals surface area contributed by atoms with Crippen molar-refractivity contribution < 1.29 is 18.6 Å². The van der Waals surface area contributed by atoms with Gasteiger partial charge in [0.1, 0.15) is 12.6 Å². The largest absolute Gasteiger partial charge is 0.370 e. The molecule has 1 unspecified atom stereocenters. The zero-order valence-electron chi connectivity index (χ0n) is 18.4. The topological polar surface area (TPSA) is 134 Å². The Bertz CT molecular complexity index is 1070. The molecule has 0 aliphatic carbocycles. The van der Waals surface area contributed by atoms with E-state index in [0.29, 0.717) is 43.4 Å². The smallest absolute Gasteiger partial charge is 0.280 e. The van der Waals surface area contributed by atoms with Gasteiger partial charge >= 0.3 is 0 Å². The van der Waals surface area contributed by atoms with Crippen LogP contribution in [-0.4, -0.2) is 57.4 Å². The number of carbonyl (C=O) groups excluding carboxylic acids is 1. The Balaban J connectivity index is 0.00000122. The van der Waals surface area contributed by atoms with E-state index >= 15 is 0 Å². The molecule has 10 nitrogen and oxygen atoms in total. The van der Waals surface area contributed by atoms with Crippen LogP contribution in [0.2, 0.25) is 5.02 Å². The molecule has 13 heteroatoms. The number of thioether (sulfide) groups is 1. The molecule has 2 heterocycles. The number of nitrogens with two attached hydrogens (primary N) is 1. The number of benzene rings is 1. The van der Waals surface area contributed by atoms with Gasteiger partial charge in [0, 0.05) is 17.3 Å². The van der Waals surface area contributed by atoms with Crippen molar-refractivity contribution in [1.82, 2.24) is 19.5 Å². The number of aromatic amines is 1. The predicted molar refractivity (Wildman–Crippen MR) is 133 cm³/mol. The Hall–Kier alpha value is -2.01. The van der Waals surface area contributed by atoms with E-state index in [2.05, 4.69) is 15.0 Å². The van der Waals surface area contributed by atoms with Crippen LogP contribution in [-0.2, 0) is 31.7 Å². The lowest BCUT2D eigenvalue weighted by Crippen LogP contribution is -2.13. The van der Waals surface area contributed by atoms with E-state index < -0.39 is 8.38 Å². The summed E-state index contributed by atoms with van der Waals surface area (Å²) in [6, 6.07) is 7.52. The quantitative estimate of drug-likeness (QED) is 0.211. The van der Waals surface area contributed by atoms with Gasteiger partial charge in [-0.05, 0) is 30.9 Å². The minimum absolute atomic E-state index is 0.0512. The van der Waals surface area contributed by atoms with Crippen LogP contribution < -0.4 is 11.3 Å². The minimum atomic E-state index is -1.21. The summed E-state index contributed by atoms with van der Waals surface area (Å²) in [5.74, 6) is 0.928. The van der Waals surface area contributed by atoms with Crippen molar-refractivity contribution in [3.63, 3.8) is 0 Å². The van der Waals surface area contributed by atoms with Gasteiger partial charge < -0.3 is 28.9 Å². The lowest BCUT2D eigenvalue weighted by Gasteiger charge is -2.18. The fourth-order valence-corrected chi connectivity index (χ4v) is 4.22. The summed E-state index contributed by atoms with van der Waals surface area (Å²) in [6.07, 6.45) is 4.65. The average molecular weight is 516 g/mol. The second kappa shape index (κ2) is 15.0. The number of hydrogen-bond acceptors (Lipinski definition) is 9. The molecule has 3 aromatic rings. The lowest BCUT2D eigenvalue weighted by atomic mass is 10.2. The van der Waals surface area contributed by atoms with Crippen molar-refractivity contribution in [3.05, 3.63) is 51.5 Å². The maximum Gasteiger partial charge on any atom is 0.280 e. The fraction of sp³-hybridized carbons (Fsp3) is 0.400. The third-order valence-electron chi connectivity index (χ3n) is 3.95. The number of aldehydes is 1. The number of halogens is 1. The fourth-order valence-electron chi connectivity index (χ4n) is 2.54. The Kier molecular flexibility index (Phi) is 12.4. The van der Waals surface area contributed by atoms with Gasteiger partial charge in [-0.1, -0.05) is 23.7 Å². The van der Waals surface area contributed by atoms with E-state index in [1.165, 1.54) is 6.92 Å². The van der Waals surface area contributed by atoms with Crippen molar-refractivity contribution in [2.75, 3.05) is 37.3 Å². The van der Waals surface area contributed by atoms with Crippen molar-refractivity contribution >= 4 is 55.1 Å². The van der Waals surface area contributed by atoms with Crippen LogP contribution in [0.25, 0.3) is 11.2 Å². The molecule has 0 saturated carbocycles. The second-order valence-corrected chi connectivity index (χ2v) is 9.26. The monoisotopic (exact) mass is 515 g/mol. The first-order valence-corrected chi connectivity index (χ1v) is 13.1. The van der Waals surface area contributed by atoms with Crippen molar-refractivity contribution in [2.24, 2.45) is 0 Å². The third-order valence-corrected chi connectivity index (χ3v) is 6.04. The van der Waals surface area contributed by atoms with Crippen molar-refractivity contribution in [1.29, 1.82) is 0 Å². The second-order valence-electron chi connectivity index (χ2n) is 6.40. The molecule has 1 aromatic carbocycles. The minimum Gasteiger partial charge on any atom is -0.370 e. The molecule has 3 N–H and O–H groups in total. The van der Waals surface area contributed by atoms with Crippen LogP contribution in [0.5, 0.6) is 0 Å². The highest BCUT2D eigenvalue weighted by molar-refractivity contribution is 7.98. The molecule has 0 aliphatic heterocycles. The number of rotatable bonds is 12. The highest BCUT2D eigenvalue weighted by atomic mass is 35.5. The Morgan fingerprint density at radius 3 is 2.85 bits per heavy atom. The number of H-pyrrole nitrogens is 1. The normalized spacial score (nSPS) is 11.7. The van der Waals surface area contributed by atoms with Gasteiger partial charge in [0.25, 0.3) is 5.56 Å². The van der Waals surface area contributed by atoms with Gasteiger partial charge in [-0.15, -0.1) is 0 Å². The summed E-state index contributed by atoms with van der Waals surface area (Å²) >= 11 is 7.73. The number of nitrogens with one attached hydrogen (secondary N) is 1. The molecule has 0 aliphatic rings. The van der Waals surface area contributed by atoms with Gasteiger partial charge in [0.2, 0.25) is 5.95 Å². The van der Waals surface area contributed by atoms with E-state index in [1.54, 1.807) is 22.7 Å². The summed E-state index contributed by atoms with van der Waals surface area (Å²) < 4.78 is 19.3. The SMILES string of the molecule is CC=O.CSCCOP(COCCn1cnc2c(=O)[nH]c(N)nc21)OCc1cccc(Cl)c1. The Morgan fingerprint density at radius 1 is 1.33 bits per heavy atom. The Morgan fingerprint density at radius 2 is 2.12 bits per heavy atom. The predicted octanol–water partition coefficient (Wildman–Crippen LogP) is 3.44. The summed E-state index contributed by atoms with van der Waals surface area (Å²) in [6.45, 7) is 3.27. The number of aromatic nitrogens is 4. The van der Waals surface area contributed by atoms with Crippen molar-refractivity contribution in [3.8, 4) is 0 Å². The van der Waals surface area contributed by atoms with Crippen LogP contribution in [0.3, 0.4) is 0 Å². The molecule has 0 amide bonds. The van der Waals surface area contributed by atoms with Gasteiger partial charge in [-0.3, -0.25) is 9.78 Å². The van der Waals surface area contributed by atoms with E-state index in [-0.39, 0.29) is 17.0 Å². The number of anilines is 1. The molecule has 1 atom stereocenters. The van der Waals surface area contributed by atoms with Gasteiger partial charge in [0.05, 0.1) is 26.1 Å². The first-order valence-electron chi connectivity index (χ1n) is 9.93. The summed E-state index contributed by atoms with van der Waals surface area (Å²) in [5.41, 5.74) is 6.90. The highest BCUT2D eigenvalue weighted by Crippen LogP contribution is 2.39. The number of ether oxygens (including phenoxy) is 1. The molecule has 0 bridgehead atoms. The average Bonchev–Trinajstić information content (AvgIpc) is 3.18. The Labute approximate surface area is 202 Å². The zero-order chi connectivity index (χ0) is 24.1. The highest BCUT2D eigenvalue weighted by Gasteiger charge is 2.13. The maximum absolute atomic E-state index is 11.8. The van der Waals surface area contributed by atoms with Crippen LogP contribution in [0, 0.1) is 0 Å². The maximum atomic E-state index is 11.8. The molecular weight excluding hydrogens is 489 g/mol. The molecule has 33 heavy (non-hydrogen) atoms. The molecule has 180 valence electrons. The van der Waals surface area contributed by atoms with Gasteiger partial charge in [0.15, 0.2) is 19.5 Å². The summed E-state index contributed by atoms with van der Waals surface area (Å²) in [5, 5.41) is 0.667. The van der Waals surface area contributed by atoms with Gasteiger partial charge in [-0.25, -0.2) is 4.98 Å². The molecule has 0 saturated heterocycles. The van der Waals surface area contributed by atoms with E-state index in [0.717, 1.165) is 17.6 Å². The first-order chi connectivity index (χ1) is 16.0. The molecular formula is C20H27ClN5O5PS. The van der Waals surface area contributed by atoms with E-state index in [1.807, 2.05) is 30.5 Å². The van der Waals surface area contributed by atoms with Gasteiger partial charge in [-0.2, -0.15) is 16.7 Å². The van der Waals surface area contributed by atoms with E-state index in [9.17, 15) is 4.79 Å². The number of fused-ring (bicyclic) bond motifs is 1. The van der Waals surface area contributed by atoms with Crippen LogP contribution in [0.15, 0.2) is 35.4 Å². The molecule has 0 radical (unpaired) electrons. The number of hydrogen-bond donors (Lipinski definition) is 2. The standard InChI is InChI=1S/C18H23ClN5O4PS.C2H4O/c1-30-8-7-27-29(28-10-13-3-2-4-14(19)9-13)12-26-6-5-24-11-21-15-16(24)22-18(20)23-17(15)25;1-2-3/h2-4,9,11H,5-8,10,12H2,1H3,(H3,20,22,23,25);2H,1H3. The number of nitrogens with zero attached hydrogens (tertiary/aromatic N) is 3. The number of carbonyl (C=O) groups is 1. The number of imidazole rings is 1. The molecule has 0 fully saturated rings. The summed E-state index contributed by atoms with van der Waals surface area (Å²) in [4.78, 5) is 31.3. The third kappa shape index (κ3) is 9.40. The van der Waals surface area contributed by atoms with Crippen molar-refractivity contribution in [2.45, 2.75) is 20.1 Å².